The van der Waals surface area contributed by atoms with Crippen molar-refractivity contribution in [3.8, 4) is 0 Å². The molecule has 0 amide bonds. The van der Waals surface area contributed by atoms with E-state index in [1.165, 1.54) is 0 Å². The van der Waals surface area contributed by atoms with Crippen LogP contribution in [0.5, 0.6) is 0 Å². The minimum Gasteiger partial charge on any atom is -0.381 e. The first-order chi connectivity index (χ1) is 8.95. The first-order valence-electron chi connectivity index (χ1n) is 6.87. The minimum absolute atomic E-state index is 0.100. The van der Waals surface area contributed by atoms with Gasteiger partial charge in [-0.3, -0.25) is 0 Å². The van der Waals surface area contributed by atoms with Crippen molar-refractivity contribution in [2.24, 2.45) is 0 Å². The Bertz CT molecular complexity index is 403. The number of hydrogen-bond donors (Lipinski definition) is 2. The van der Waals surface area contributed by atoms with Crippen LogP contribution < -0.4 is 5.32 Å². The van der Waals surface area contributed by atoms with Gasteiger partial charge in [-0.2, -0.15) is 0 Å². The summed E-state index contributed by atoms with van der Waals surface area (Å²) < 4.78 is 11.1. The second kappa shape index (κ2) is 5.61. The molecule has 0 aromatic carbocycles. The highest BCUT2D eigenvalue weighted by molar-refractivity contribution is 5.10. The molecule has 0 bridgehead atoms. The predicted molar refractivity (Wildman–Crippen MR) is 73.9 cm³/mol. The lowest BCUT2D eigenvalue weighted by Gasteiger charge is -2.34. The Balaban J connectivity index is 2.06. The molecule has 108 valence electrons. The Morgan fingerprint density at radius 2 is 2.11 bits per heavy atom. The molecule has 0 aliphatic carbocycles. The summed E-state index contributed by atoms with van der Waals surface area (Å²) in [5.41, 5.74) is 0.883. The Hall–Kier alpha value is -0.910. The Morgan fingerprint density at radius 3 is 2.68 bits per heavy atom. The zero-order chi connectivity index (χ0) is 13.9. The molecule has 0 unspecified atom stereocenters. The normalized spacial score (nSPS) is 19.6. The number of nitrogens with one attached hydrogen (secondary N) is 2. The Morgan fingerprint density at radius 1 is 1.42 bits per heavy atom. The molecule has 1 aliphatic heterocycles. The summed E-state index contributed by atoms with van der Waals surface area (Å²) in [6.45, 7) is 8.69. The molecular formula is C14H25N3O2. The SMILES string of the molecule is COC1(c2ncc(CNC(C)(C)C)[nH]2)CCOCC1. The molecule has 5 nitrogen and oxygen atoms in total. The van der Waals surface area contributed by atoms with E-state index in [9.17, 15) is 0 Å². The number of rotatable bonds is 4. The molecular weight excluding hydrogens is 242 g/mol. The van der Waals surface area contributed by atoms with Gasteiger partial charge in [-0.1, -0.05) is 0 Å². The average molecular weight is 267 g/mol. The van der Waals surface area contributed by atoms with Crippen LogP contribution in [0.2, 0.25) is 0 Å². The Labute approximate surface area is 115 Å². The van der Waals surface area contributed by atoms with Crippen molar-refractivity contribution in [1.29, 1.82) is 0 Å². The molecule has 0 radical (unpaired) electrons. The van der Waals surface area contributed by atoms with Gasteiger partial charge >= 0.3 is 0 Å². The molecule has 1 aliphatic rings. The maximum Gasteiger partial charge on any atom is 0.138 e. The molecule has 1 fully saturated rings. The van der Waals surface area contributed by atoms with Crippen molar-refractivity contribution >= 4 is 0 Å². The van der Waals surface area contributed by atoms with Crippen LogP contribution in [0.15, 0.2) is 6.20 Å². The van der Waals surface area contributed by atoms with E-state index in [4.69, 9.17) is 9.47 Å². The molecule has 1 aromatic heterocycles. The number of ether oxygens (including phenoxy) is 2. The number of nitrogens with zero attached hydrogens (tertiary/aromatic N) is 1. The number of methoxy groups -OCH3 is 1. The highest BCUT2D eigenvalue weighted by Gasteiger charge is 2.37. The fourth-order valence-corrected chi connectivity index (χ4v) is 2.28. The lowest BCUT2D eigenvalue weighted by atomic mass is 9.93. The monoisotopic (exact) mass is 267 g/mol. The van der Waals surface area contributed by atoms with Gasteiger partial charge in [0, 0.05) is 57.1 Å². The van der Waals surface area contributed by atoms with E-state index >= 15 is 0 Å². The summed E-state index contributed by atoms with van der Waals surface area (Å²) in [6, 6.07) is 0. The van der Waals surface area contributed by atoms with Crippen LogP contribution in [0, 0.1) is 0 Å². The molecule has 1 saturated heterocycles. The van der Waals surface area contributed by atoms with Gasteiger partial charge in [-0.25, -0.2) is 4.98 Å². The zero-order valence-electron chi connectivity index (χ0n) is 12.4. The minimum atomic E-state index is -0.307. The Kier molecular flexibility index (Phi) is 4.28. The molecule has 2 N–H and O–H groups in total. The van der Waals surface area contributed by atoms with Gasteiger partial charge in [-0.05, 0) is 20.8 Å². The smallest absolute Gasteiger partial charge is 0.138 e. The first-order valence-corrected chi connectivity index (χ1v) is 6.87. The fraction of sp³-hybridized carbons (Fsp3) is 0.786. The number of aromatic nitrogens is 2. The maximum absolute atomic E-state index is 5.73. The van der Waals surface area contributed by atoms with Crippen molar-refractivity contribution in [2.45, 2.75) is 51.3 Å². The summed E-state index contributed by atoms with van der Waals surface area (Å²) >= 11 is 0. The van der Waals surface area contributed by atoms with E-state index in [1.54, 1.807) is 7.11 Å². The second-order valence-corrected chi connectivity index (χ2v) is 6.17. The highest BCUT2D eigenvalue weighted by Crippen LogP contribution is 2.33. The third kappa shape index (κ3) is 3.55. The molecule has 2 heterocycles. The van der Waals surface area contributed by atoms with E-state index in [0.29, 0.717) is 0 Å². The van der Waals surface area contributed by atoms with Gasteiger partial charge < -0.3 is 19.8 Å². The van der Waals surface area contributed by atoms with Gasteiger partial charge in [-0.15, -0.1) is 0 Å². The molecule has 1 aromatic rings. The summed E-state index contributed by atoms with van der Waals surface area (Å²) in [6.07, 6.45) is 3.59. The molecule has 0 saturated carbocycles. The first kappa shape index (κ1) is 14.5. The molecule has 5 heteroatoms. The van der Waals surface area contributed by atoms with Crippen LogP contribution in [0.25, 0.3) is 0 Å². The van der Waals surface area contributed by atoms with Crippen molar-refractivity contribution in [2.75, 3.05) is 20.3 Å². The zero-order valence-corrected chi connectivity index (χ0v) is 12.4. The van der Waals surface area contributed by atoms with E-state index in [0.717, 1.165) is 44.1 Å². The van der Waals surface area contributed by atoms with Crippen molar-refractivity contribution < 1.29 is 9.47 Å². The third-order valence-electron chi connectivity index (χ3n) is 3.56. The number of aromatic amines is 1. The summed E-state index contributed by atoms with van der Waals surface area (Å²) in [5.74, 6) is 0.920. The van der Waals surface area contributed by atoms with Crippen molar-refractivity contribution in [1.82, 2.24) is 15.3 Å². The van der Waals surface area contributed by atoms with Crippen LogP contribution in [0.3, 0.4) is 0 Å². The highest BCUT2D eigenvalue weighted by atomic mass is 16.5. The van der Waals surface area contributed by atoms with Crippen LogP contribution in [-0.2, 0) is 21.6 Å². The number of imidazole rings is 1. The molecule has 19 heavy (non-hydrogen) atoms. The number of hydrogen-bond acceptors (Lipinski definition) is 4. The van der Waals surface area contributed by atoms with Gasteiger partial charge in [0.1, 0.15) is 11.4 Å². The van der Waals surface area contributed by atoms with E-state index < -0.39 is 0 Å². The second-order valence-electron chi connectivity index (χ2n) is 6.17. The van der Waals surface area contributed by atoms with Gasteiger partial charge in [0.25, 0.3) is 0 Å². The summed E-state index contributed by atoms with van der Waals surface area (Å²) in [5, 5.41) is 3.45. The quantitative estimate of drug-likeness (QED) is 0.875. The van der Waals surface area contributed by atoms with Gasteiger partial charge in [0.05, 0.1) is 0 Å². The number of H-pyrrole nitrogens is 1. The van der Waals surface area contributed by atoms with Gasteiger partial charge in [0.2, 0.25) is 0 Å². The predicted octanol–water partition coefficient (Wildman–Crippen LogP) is 1.95. The topological polar surface area (TPSA) is 59.2 Å². The molecule has 0 atom stereocenters. The van der Waals surface area contributed by atoms with Crippen molar-refractivity contribution in [3.05, 3.63) is 17.7 Å². The largest absolute Gasteiger partial charge is 0.381 e. The van der Waals surface area contributed by atoms with E-state index in [-0.39, 0.29) is 11.1 Å². The third-order valence-corrected chi connectivity index (χ3v) is 3.56. The van der Waals surface area contributed by atoms with Gasteiger partial charge in [0.15, 0.2) is 0 Å². The lowest BCUT2D eigenvalue weighted by Crippen LogP contribution is -2.37. The fourth-order valence-electron chi connectivity index (χ4n) is 2.28. The summed E-state index contributed by atoms with van der Waals surface area (Å²) in [7, 11) is 1.75. The average Bonchev–Trinajstić information content (AvgIpc) is 2.86. The van der Waals surface area contributed by atoms with Crippen LogP contribution in [0.1, 0.15) is 45.1 Å². The van der Waals surface area contributed by atoms with Crippen molar-refractivity contribution in [3.63, 3.8) is 0 Å². The molecule has 2 rings (SSSR count). The van der Waals surface area contributed by atoms with Crippen LogP contribution in [-0.4, -0.2) is 35.8 Å². The van der Waals surface area contributed by atoms with Crippen LogP contribution >= 0.6 is 0 Å². The lowest BCUT2D eigenvalue weighted by molar-refractivity contribution is -0.0996. The standard InChI is InChI=1S/C14H25N3O2/c1-13(2,3)16-10-11-9-15-12(17-11)14(18-4)5-7-19-8-6-14/h9,16H,5-8,10H2,1-4H3,(H,15,17). The summed E-state index contributed by atoms with van der Waals surface area (Å²) in [4.78, 5) is 7.90. The van der Waals surface area contributed by atoms with E-state index in [2.05, 4.69) is 36.1 Å². The molecule has 0 spiro atoms. The van der Waals surface area contributed by atoms with Crippen LogP contribution in [0.4, 0.5) is 0 Å². The van der Waals surface area contributed by atoms with E-state index in [1.807, 2.05) is 6.20 Å². The maximum atomic E-state index is 5.73.